The lowest BCUT2D eigenvalue weighted by atomic mass is 10.0. The van der Waals surface area contributed by atoms with Crippen molar-refractivity contribution in [2.45, 2.75) is 6.92 Å². The van der Waals surface area contributed by atoms with E-state index in [0.717, 1.165) is 5.70 Å². The molecule has 1 amide bonds. The normalized spacial score (nSPS) is 14.7. The molecule has 7 heteroatoms. The molecule has 2 heterocycles. The van der Waals surface area contributed by atoms with Crippen molar-refractivity contribution in [3.63, 3.8) is 0 Å². The predicted octanol–water partition coefficient (Wildman–Crippen LogP) is 3.68. The molecule has 0 spiro atoms. The van der Waals surface area contributed by atoms with Crippen LogP contribution in [0.1, 0.15) is 6.92 Å². The van der Waals surface area contributed by atoms with E-state index < -0.39 is 0 Å². The Labute approximate surface area is 176 Å². The summed E-state index contributed by atoms with van der Waals surface area (Å²) in [7, 11) is 3.72. The lowest BCUT2D eigenvalue weighted by Crippen LogP contribution is -2.37. The first-order chi connectivity index (χ1) is 14.4. The highest BCUT2D eigenvalue weighted by Gasteiger charge is 2.23. The standard InChI is InChI=1S/C23H27FN4O2/c1-5-17(16(2)27(3)4)23(29)26-21-19(18-8-6-7-9-20(18)24)10-11-25-22(21)28-12-14-30-15-13-28/h5-11H,1,12-15H2,2-4H3,(H,26,29)/b17-16+. The number of aromatic nitrogens is 1. The zero-order chi connectivity index (χ0) is 21.7. The Morgan fingerprint density at radius 1 is 1.23 bits per heavy atom. The lowest BCUT2D eigenvalue weighted by molar-refractivity contribution is -0.112. The Bertz CT molecular complexity index is 965. The summed E-state index contributed by atoms with van der Waals surface area (Å²) in [4.78, 5) is 21.6. The van der Waals surface area contributed by atoms with Crippen LogP contribution in [0.4, 0.5) is 15.9 Å². The number of carbonyl (C=O) groups excluding carboxylic acids is 1. The van der Waals surface area contributed by atoms with E-state index in [-0.39, 0.29) is 11.7 Å². The van der Waals surface area contributed by atoms with Gasteiger partial charge in [0.15, 0.2) is 5.82 Å². The van der Waals surface area contributed by atoms with E-state index in [1.807, 2.05) is 30.8 Å². The Hall–Kier alpha value is -3.19. The first-order valence-electron chi connectivity index (χ1n) is 9.82. The number of anilines is 2. The maximum Gasteiger partial charge on any atom is 0.257 e. The molecule has 1 saturated heterocycles. The molecular formula is C23H27FN4O2. The van der Waals surface area contributed by atoms with Crippen LogP contribution < -0.4 is 10.2 Å². The van der Waals surface area contributed by atoms with Gasteiger partial charge in [-0.25, -0.2) is 9.37 Å². The van der Waals surface area contributed by atoms with Crippen LogP contribution in [0.15, 0.2) is 60.5 Å². The number of benzene rings is 1. The average Bonchev–Trinajstić information content (AvgIpc) is 2.75. The number of nitrogens with one attached hydrogen (secondary N) is 1. The molecule has 6 nitrogen and oxygen atoms in total. The van der Waals surface area contributed by atoms with Crippen LogP contribution in [0.3, 0.4) is 0 Å². The zero-order valence-corrected chi connectivity index (χ0v) is 17.6. The van der Waals surface area contributed by atoms with Gasteiger partial charge in [-0.1, -0.05) is 30.9 Å². The van der Waals surface area contributed by atoms with Crippen LogP contribution in [0.25, 0.3) is 11.1 Å². The number of amides is 1. The van der Waals surface area contributed by atoms with Gasteiger partial charge in [-0.15, -0.1) is 0 Å². The van der Waals surface area contributed by atoms with E-state index in [9.17, 15) is 9.18 Å². The number of hydrogen-bond donors (Lipinski definition) is 1. The van der Waals surface area contributed by atoms with Crippen molar-refractivity contribution in [1.29, 1.82) is 0 Å². The van der Waals surface area contributed by atoms with Crippen LogP contribution in [-0.4, -0.2) is 56.2 Å². The molecule has 0 unspecified atom stereocenters. The molecule has 1 fully saturated rings. The molecule has 1 aliphatic heterocycles. The minimum absolute atomic E-state index is 0.323. The Kier molecular flexibility index (Phi) is 6.84. The number of rotatable bonds is 6. The van der Waals surface area contributed by atoms with Crippen molar-refractivity contribution in [2.24, 2.45) is 0 Å². The third kappa shape index (κ3) is 4.52. The monoisotopic (exact) mass is 410 g/mol. The SMILES string of the molecule is C=C/C(C(=O)Nc1c(-c2ccccc2F)ccnc1N1CCOCC1)=C(/C)N(C)C. The number of morpholine rings is 1. The third-order valence-corrected chi connectivity index (χ3v) is 5.15. The topological polar surface area (TPSA) is 57.7 Å². The van der Waals surface area contributed by atoms with Gasteiger partial charge in [0.1, 0.15) is 5.82 Å². The summed E-state index contributed by atoms with van der Waals surface area (Å²) in [6.07, 6.45) is 3.16. The van der Waals surface area contributed by atoms with E-state index in [2.05, 4.69) is 16.9 Å². The van der Waals surface area contributed by atoms with Crippen molar-refractivity contribution < 1.29 is 13.9 Å². The van der Waals surface area contributed by atoms with Gasteiger partial charge >= 0.3 is 0 Å². The van der Waals surface area contributed by atoms with E-state index in [1.165, 1.54) is 12.1 Å². The highest BCUT2D eigenvalue weighted by molar-refractivity contribution is 6.09. The van der Waals surface area contributed by atoms with Gasteiger partial charge < -0.3 is 19.9 Å². The maximum atomic E-state index is 14.6. The number of hydrogen-bond acceptors (Lipinski definition) is 5. The number of nitrogens with zero attached hydrogens (tertiary/aromatic N) is 3. The predicted molar refractivity (Wildman–Crippen MR) is 118 cm³/mol. The van der Waals surface area contributed by atoms with Gasteiger partial charge in [0.2, 0.25) is 0 Å². The number of pyridine rings is 1. The molecule has 1 aromatic carbocycles. The molecule has 0 radical (unpaired) electrons. The van der Waals surface area contributed by atoms with Gasteiger partial charge in [-0.05, 0) is 19.1 Å². The van der Waals surface area contributed by atoms with Crippen LogP contribution in [0.5, 0.6) is 0 Å². The summed E-state index contributed by atoms with van der Waals surface area (Å²) < 4.78 is 20.1. The fraction of sp³-hybridized carbons (Fsp3) is 0.304. The summed E-state index contributed by atoms with van der Waals surface area (Å²) in [6.45, 7) is 8.04. The largest absolute Gasteiger partial charge is 0.381 e. The summed E-state index contributed by atoms with van der Waals surface area (Å²) >= 11 is 0. The van der Waals surface area contributed by atoms with Gasteiger partial charge in [0.05, 0.1) is 24.5 Å². The highest BCUT2D eigenvalue weighted by atomic mass is 19.1. The molecule has 0 atom stereocenters. The summed E-state index contributed by atoms with van der Waals surface area (Å²) in [5.41, 5.74) is 2.66. The lowest BCUT2D eigenvalue weighted by Gasteiger charge is -2.30. The molecule has 30 heavy (non-hydrogen) atoms. The molecule has 0 bridgehead atoms. The maximum absolute atomic E-state index is 14.6. The van der Waals surface area contributed by atoms with Gasteiger partial charge in [0.25, 0.3) is 5.91 Å². The zero-order valence-electron chi connectivity index (χ0n) is 17.6. The third-order valence-electron chi connectivity index (χ3n) is 5.15. The van der Waals surface area contributed by atoms with Crippen molar-refractivity contribution in [3.8, 4) is 11.1 Å². The quantitative estimate of drug-likeness (QED) is 0.582. The van der Waals surface area contributed by atoms with Gasteiger partial charge in [-0.2, -0.15) is 0 Å². The Morgan fingerprint density at radius 2 is 1.93 bits per heavy atom. The molecular weight excluding hydrogens is 383 g/mol. The van der Waals surface area contributed by atoms with Crippen molar-refractivity contribution in [2.75, 3.05) is 50.6 Å². The molecule has 1 N–H and O–H groups in total. The second kappa shape index (κ2) is 9.54. The van der Waals surface area contributed by atoms with Crippen molar-refractivity contribution in [1.82, 2.24) is 9.88 Å². The molecule has 1 aliphatic rings. The van der Waals surface area contributed by atoms with Crippen LogP contribution >= 0.6 is 0 Å². The molecule has 0 saturated carbocycles. The minimum Gasteiger partial charge on any atom is -0.381 e. The van der Waals surface area contributed by atoms with Crippen molar-refractivity contribution in [3.05, 3.63) is 66.3 Å². The fourth-order valence-corrected chi connectivity index (χ4v) is 3.32. The van der Waals surface area contributed by atoms with E-state index >= 15 is 0 Å². The van der Waals surface area contributed by atoms with Crippen LogP contribution in [0, 0.1) is 5.82 Å². The van der Waals surface area contributed by atoms with Crippen LogP contribution in [0.2, 0.25) is 0 Å². The molecule has 158 valence electrons. The first kappa shape index (κ1) is 21.5. The molecule has 0 aliphatic carbocycles. The molecule has 2 aromatic rings. The van der Waals surface area contributed by atoms with E-state index in [0.29, 0.717) is 54.5 Å². The number of halogens is 1. The number of ether oxygens (including phenoxy) is 1. The van der Waals surface area contributed by atoms with Crippen molar-refractivity contribution >= 4 is 17.4 Å². The average molecular weight is 410 g/mol. The van der Waals surface area contributed by atoms with E-state index in [4.69, 9.17) is 4.74 Å². The second-order valence-corrected chi connectivity index (χ2v) is 7.19. The molecule has 1 aromatic heterocycles. The second-order valence-electron chi connectivity index (χ2n) is 7.19. The smallest absolute Gasteiger partial charge is 0.257 e. The number of allylic oxidation sites excluding steroid dienone is 1. The highest BCUT2D eigenvalue weighted by Crippen LogP contribution is 2.36. The number of carbonyl (C=O) groups is 1. The minimum atomic E-state index is -0.365. The Balaban J connectivity index is 2.12. The first-order valence-corrected chi connectivity index (χ1v) is 9.82. The Morgan fingerprint density at radius 3 is 2.57 bits per heavy atom. The molecule has 3 rings (SSSR count). The van der Waals surface area contributed by atoms with E-state index in [1.54, 1.807) is 30.5 Å². The van der Waals surface area contributed by atoms with Gasteiger partial charge in [-0.3, -0.25) is 4.79 Å². The summed E-state index contributed by atoms with van der Waals surface area (Å²) in [5.74, 6) is -0.0919. The fourth-order valence-electron chi connectivity index (χ4n) is 3.32. The van der Waals surface area contributed by atoms with Crippen LogP contribution in [-0.2, 0) is 9.53 Å². The summed E-state index contributed by atoms with van der Waals surface area (Å²) in [6, 6.07) is 8.22. The van der Waals surface area contributed by atoms with Gasteiger partial charge in [0, 0.05) is 50.2 Å². The summed E-state index contributed by atoms with van der Waals surface area (Å²) in [5, 5.41) is 2.98.